The highest BCUT2D eigenvalue weighted by atomic mass is 16.5. The molecule has 0 bridgehead atoms. The fraction of sp³-hybridized carbons (Fsp3) is 0.700. The van der Waals surface area contributed by atoms with Gasteiger partial charge in [0.15, 0.2) is 0 Å². The van der Waals surface area contributed by atoms with Crippen molar-refractivity contribution in [2.24, 2.45) is 28.6 Å². The molecule has 25 heavy (non-hydrogen) atoms. The standard InChI is InChI=1S/C20H26O5/c1-12-14(9-15(25-17(12)21)13-5-8-23-10-13)19(2)6-4-7-20(3)16(19)11-24-18(20)22/h5,8,10,12,14-16H,4,6-7,9,11H2,1-3H3/t12-,14-,15-,16-,19-,20-/m1/s1. The number of hydrogen-bond acceptors (Lipinski definition) is 5. The van der Waals surface area contributed by atoms with Crippen LogP contribution < -0.4 is 0 Å². The predicted octanol–water partition coefficient (Wildman–Crippen LogP) is 3.89. The van der Waals surface area contributed by atoms with Gasteiger partial charge in [0.05, 0.1) is 30.5 Å². The third-order valence-corrected chi connectivity index (χ3v) is 7.29. The molecule has 3 aliphatic rings. The maximum Gasteiger partial charge on any atom is 0.312 e. The average Bonchev–Trinajstić information content (AvgIpc) is 3.20. The Labute approximate surface area is 148 Å². The van der Waals surface area contributed by atoms with E-state index in [1.807, 2.05) is 19.9 Å². The lowest BCUT2D eigenvalue weighted by Gasteiger charge is -2.53. The molecule has 1 aromatic heterocycles. The Morgan fingerprint density at radius 1 is 1.20 bits per heavy atom. The van der Waals surface area contributed by atoms with E-state index in [1.54, 1.807) is 12.5 Å². The Kier molecular flexibility index (Phi) is 3.74. The van der Waals surface area contributed by atoms with Gasteiger partial charge in [0.25, 0.3) is 0 Å². The van der Waals surface area contributed by atoms with Gasteiger partial charge in [-0.1, -0.05) is 20.3 Å². The van der Waals surface area contributed by atoms with Crippen molar-refractivity contribution in [2.45, 2.75) is 52.6 Å². The van der Waals surface area contributed by atoms with Gasteiger partial charge in [-0.15, -0.1) is 0 Å². The summed E-state index contributed by atoms with van der Waals surface area (Å²) in [6.45, 7) is 6.74. The molecular formula is C20H26O5. The van der Waals surface area contributed by atoms with Gasteiger partial charge in [-0.25, -0.2) is 0 Å². The molecule has 0 radical (unpaired) electrons. The smallest absolute Gasteiger partial charge is 0.312 e. The molecule has 0 amide bonds. The summed E-state index contributed by atoms with van der Waals surface area (Å²) in [5.41, 5.74) is 0.380. The van der Waals surface area contributed by atoms with Gasteiger partial charge in [-0.3, -0.25) is 9.59 Å². The summed E-state index contributed by atoms with van der Waals surface area (Å²) >= 11 is 0. The number of rotatable bonds is 2. The molecule has 0 unspecified atom stereocenters. The lowest BCUT2D eigenvalue weighted by Crippen LogP contribution is -2.52. The quantitative estimate of drug-likeness (QED) is 0.760. The zero-order valence-electron chi connectivity index (χ0n) is 15.1. The molecule has 0 aromatic carbocycles. The van der Waals surface area contributed by atoms with Gasteiger partial charge in [0, 0.05) is 11.5 Å². The molecular weight excluding hydrogens is 320 g/mol. The van der Waals surface area contributed by atoms with E-state index in [-0.39, 0.29) is 41.2 Å². The number of fused-ring (bicyclic) bond motifs is 1. The maximum absolute atomic E-state index is 12.6. The Morgan fingerprint density at radius 3 is 2.72 bits per heavy atom. The third kappa shape index (κ3) is 2.35. The van der Waals surface area contributed by atoms with Crippen LogP contribution in [0.25, 0.3) is 0 Å². The van der Waals surface area contributed by atoms with Crippen LogP contribution in [0.15, 0.2) is 23.0 Å². The minimum Gasteiger partial charge on any atom is -0.472 e. The van der Waals surface area contributed by atoms with Crippen molar-refractivity contribution in [1.29, 1.82) is 0 Å². The van der Waals surface area contributed by atoms with Crippen molar-refractivity contribution < 1.29 is 23.5 Å². The maximum atomic E-state index is 12.6. The van der Waals surface area contributed by atoms with Gasteiger partial charge in [0.1, 0.15) is 6.10 Å². The Balaban J connectivity index is 1.68. The van der Waals surface area contributed by atoms with Gasteiger partial charge in [-0.2, -0.15) is 0 Å². The zero-order valence-corrected chi connectivity index (χ0v) is 15.1. The van der Waals surface area contributed by atoms with Crippen LogP contribution in [0.5, 0.6) is 0 Å². The summed E-state index contributed by atoms with van der Waals surface area (Å²) in [6, 6.07) is 1.86. The van der Waals surface area contributed by atoms with Crippen LogP contribution in [-0.2, 0) is 19.1 Å². The normalized spacial score (nSPS) is 44.1. The first-order valence-corrected chi connectivity index (χ1v) is 9.26. The second-order valence-electron chi connectivity index (χ2n) is 8.54. The SMILES string of the molecule is C[C@H]1C(=O)O[C@@H](c2ccoc2)C[C@H]1[C@@]1(C)CCC[C@@]2(C)C(=O)OC[C@H]12. The van der Waals surface area contributed by atoms with Gasteiger partial charge < -0.3 is 13.9 Å². The molecule has 3 fully saturated rings. The van der Waals surface area contributed by atoms with Crippen molar-refractivity contribution in [3.63, 3.8) is 0 Å². The van der Waals surface area contributed by atoms with E-state index in [0.29, 0.717) is 6.61 Å². The molecule has 2 saturated heterocycles. The number of hydrogen-bond donors (Lipinski definition) is 0. The van der Waals surface area contributed by atoms with Crippen LogP contribution in [0.4, 0.5) is 0 Å². The average molecular weight is 346 g/mol. The van der Waals surface area contributed by atoms with Crippen molar-refractivity contribution in [3.8, 4) is 0 Å². The van der Waals surface area contributed by atoms with E-state index >= 15 is 0 Å². The Bertz CT molecular complexity index is 680. The minimum absolute atomic E-state index is 0.0687. The number of carbonyl (C=O) groups is 2. The number of carbonyl (C=O) groups excluding carboxylic acids is 2. The van der Waals surface area contributed by atoms with Crippen molar-refractivity contribution >= 4 is 11.9 Å². The summed E-state index contributed by atoms with van der Waals surface area (Å²) in [5, 5.41) is 0. The van der Waals surface area contributed by atoms with E-state index in [1.165, 1.54) is 0 Å². The summed E-state index contributed by atoms with van der Waals surface area (Å²) in [7, 11) is 0. The first-order valence-electron chi connectivity index (χ1n) is 9.26. The van der Waals surface area contributed by atoms with Crippen molar-refractivity contribution in [1.82, 2.24) is 0 Å². The fourth-order valence-corrected chi connectivity index (χ4v) is 5.70. The highest BCUT2D eigenvalue weighted by Gasteiger charge is 2.61. The van der Waals surface area contributed by atoms with E-state index in [0.717, 1.165) is 31.2 Å². The monoisotopic (exact) mass is 346 g/mol. The molecule has 6 atom stereocenters. The van der Waals surface area contributed by atoms with Gasteiger partial charge in [0.2, 0.25) is 0 Å². The molecule has 136 valence electrons. The second kappa shape index (κ2) is 5.61. The van der Waals surface area contributed by atoms with Crippen molar-refractivity contribution in [2.75, 3.05) is 6.61 Å². The highest BCUT2D eigenvalue weighted by molar-refractivity contribution is 5.79. The third-order valence-electron chi connectivity index (χ3n) is 7.29. The molecule has 1 aromatic rings. The Morgan fingerprint density at radius 2 is 2.00 bits per heavy atom. The van der Waals surface area contributed by atoms with Crippen LogP contribution in [-0.4, -0.2) is 18.5 Å². The first kappa shape index (κ1) is 16.7. The second-order valence-corrected chi connectivity index (χ2v) is 8.54. The lowest BCUT2D eigenvalue weighted by molar-refractivity contribution is -0.175. The molecule has 1 aliphatic carbocycles. The van der Waals surface area contributed by atoms with Gasteiger partial charge >= 0.3 is 11.9 Å². The molecule has 1 saturated carbocycles. The van der Waals surface area contributed by atoms with Crippen LogP contribution >= 0.6 is 0 Å². The lowest BCUT2D eigenvalue weighted by atomic mass is 9.50. The van der Waals surface area contributed by atoms with E-state index < -0.39 is 5.41 Å². The summed E-state index contributed by atoms with van der Waals surface area (Å²) < 4.78 is 16.3. The summed E-state index contributed by atoms with van der Waals surface area (Å²) in [6.07, 6.45) is 6.65. The number of furan rings is 1. The van der Waals surface area contributed by atoms with E-state index in [2.05, 4.69) is 6.92 Å². The fourth-order valence-electron chi connectivity index (χ4n) is 5.70. The van der Waals surface area contributed by atoms with Crippen LogP contribution in [0.2, 0.25) is 0 Å². The zero-order chi connectivity index (χ0) is 17.8. The molecule has 0 spiro atoms. The van der Waals surface area contributed by atoms with Crippen LogP contribution in [0, 0.1) is 28.6 Å². The predicted molar refractivity (Wildman–Crippen MR) is 89.3 cm³/mol. The minimum atomic E-state index is -0.417. The molecule has 3 heterocycles. The molecule has 2 aliphatic heterocycles. The molecule has 0 N–H and O–H groups in total. The first-order chi connectivity index (χ1) is 11.9. The largest absolute Gasteiger partial charge is 0.472 e. The Hall–Kier alpha value is -1.78. The summed E-state index contributed by atoms with van der Waals surface area (Å²) in [5.74, 6) is -0.0781. The van der Waals surface area contributed by atoms with Crippen LogP contribution in [0.3, 0.4) is 0 Å². The topological polar surface area (TPSA) is 65.7 Å². The summed E-state index contributed by atoms with van der Waals surface area (Å²) in [4.78, 5) is 25.0. The molecule has 5 nitrogen and oxygen atoms in total. The van der Waals surface area contributed by atoms with E-state index in [4.69, 9.17) is 13.9 Å². The highest BCUT2D eigenvalue weighted by Crippen LogP contribution is 2.61. The number of ether oxygens (including phenoxy) is 2. The molecule has 5 heteroatoms. The molecule has 4 rings (SSSR count). The van der Waals surface area contributed by atoms with Crippen molar-refractivity contribution in [3.05, 3.63) is 24.2 Å². The number of cyclic esters (lactones) is 2. The number of esters is 2. The van der Waals surface area contributed by atoms with E-state index in [9.17, 15) is 9.59 Å². The van der Waals surface area contributed by atoms with Gasteiger partial charge in [-0.05, 0) is 43.6 Å². The van der Waals surface area contributed by atoms with Crippen LogP contribution in [0.1, 0.15) is 58.1 Å².